The van der Waals surface area contributed by atoms with Gasteiger partial charge in [-0.1, -0.05) is 27.2 Å². The quantitative estimate of drug-likeness (QED) is 0.841. The van der Waals surface area contributed by atoms with E-state index in [1.165, 1.54) is 36.2 Å². The maximum Gasteiger partial charge on any atom is 0.0672 e. The first-order valence-corrected chi connectivity index (χ1v) is 7.55. The Bertz CT molecular complexity index is 391. The average Bonchev–Trinajstić information content (AvgIpc) is 2.70. The summed E-state index contributed by atoms with van der Waals surface area (Å²) in [6.45, 7) is 7.67. The van der Waals surface area contributed by atoms with Crippen molar-refractivity contribution < 1.29 is 0 Å². The second-order valence-corrected chi connectivity index (χ2v) is 5.51. The molecule has 1 heterocycles. The van der Waals surface area contributed by atoms with Crippen LogP contribution in [0.4, 0.5) is 0 Å². The molecule has 1 aliphatic rings. The number of nitrogens with two attached hydrogens (primary N) is 1. The molecule has 0 aromatic carbocycles. The van der Waals surface area contributed by atoms with Gasteiger partial charge in [-0.3, -0.25) is 4.68 Å². The molecule has 102 valence electrons. The zero-order chi connectivity index (χ0) is 13.1. The van der Waals surface area contributed by atoms with Crippen LogP contribution in [-0.4, -0.2) is 9.78 Å². The fourth-order valence-electron chi connectivity index (χ4n) is 2.90. The minimum atomic E-state index is 0.157. The summed E-state index contributed by atoms with van der Waals surface area (Å²) in [4.78, 5) is 0. The first kappa shape index (κ1) is 13.6. The van der Waals surface area contributed by atoms with E-state index in [1.54, 1.807) is 0 Å². The summed E-state index contributed by atoms with van der Waals surface area (Å²) in [7, 11) is 0. The summed E-state index contributed by atoms with van der Waals surface area (Å²) >= 11 is 0. The predicted molar refractivity (Wildman–Crippen MR) is 75.5 cm³/mol. The Morgan fingerprint density at radius 2 is 2.00 bits per heavy atom. The summed E-state index contributed by atoms with van der Waals surface area (Å²) in [5.74, 6) is 0.852. The Labute approximate surface area is 111 Å². The maximum absolute atomic E-state index is 6.28. The van der Waals surface area contributed by atoms with Gasteiger partial charge in [-0.15, -0.1) is 0 Å². The van der Waals surface area contributed by atoms with Crippen molar-refractivity contribution in [1.82, 2.24) is 9.78 Å². The second kappa shape index (κ2) is 5.87. The van der Waals surface area contributed by atoms with Gasteiger partial charge in [0.05, 0.1) is 5.69 Å². The summed E-state index contributed by atoms with van der Waals surface area (Å²) < 4.78 is 2.26. The predicted octanol–water partition coefficient (Wildman–Crippen LogP) is 3.22. The zero-order valence-corrected chi connectivity index (χ0v) is 12.1. The molecule has 1 aliphatic carbocycles. The van der Waals surface area contributed by atoms with Gasteiger partial charge in [0.15, 0.2) is 0 Å². The molecule has 1 aromatic heterocycles. The molecule has 2 N–H and O–H groups in total. The Morgan fingerprint density at radius 1 is 1.28 bits per heavy atom. The third-order valence-electron chi connectivity index (χ3n) is 4.31. The third kappa shape index (κ3) is 2.46. The molecule has 1 unspecified atom stereocenters. The summed E-state index contributed by atoms with van der Waals surface area (Å²) in [5, 5.41) is 4.83. The molecule has 0 amide bonds. The van der Waals surface area contributed by atoms with E-state index in [1.807, 2.05) is 0 Å². The molecule has 3 nitrogen and oxygen atoms in total. The van der Waals surface area contributed by atoms with Crippen molar-refractivity contribution in [3.8, 4) is 0 Å². The fraction of sp³-hybridized carbons (Fsp3) is 0.800. The van der Waals surface area contributed by atoms with E-state index in [2.05, 4.69) is 25.5 Å². The van der Waals surface area contributed by atoms with Crippen molar-refractivity contribution in [3.63, 3.8) is 0 Å². The molecule has 0 spiro atoms. The van der Waals surface area contributed by atoms with Gasteiger partial charge in [0, 0.05) is 23.8 Å². The normalized spacial score (nSPS) is 17.8. The van der Waals surface area contributed by atoms with Crippen LogP contribution >= 0.6 is 0 Å². The standard InChI is InChI=1S/C15H27N3/c1-4-12(16)15-13(5-2)17-18(14(15)6-3)10-11-8-7-9-11/h11-12H,4-10,16H2,1-3H3. The van der Waals surface area contributed by atoms with Crippen LogP contribution in [0, 0.1) is 5.92 Å². The Morgan fingerprint density at radius 3 is 2.44 bits per heavy atom. The van der Waals surface area contributed by atoms with Crippen LogP contribution in [0.3, 0.4) is 0 Å². The minimum absolute atomic E-state index is 0.157. The molecule has 0 saturated heterocycles. The van der Waals surface area contributed by atoms with Crippen LogP contribution < -0.4 is 5.73 Å². The van der Waals surface area contributed by atoms with E-state index in [0.29, 0.717) is 0 Å². The lowest BCUT2D eigenvalue weighted by molar-refractivity contribution is 0.263. The summed E-state index contributed by atoms with van der Waals surface area (Å²) in [6.07, 6.45) is 7.18. The Hall–Kier alpha value is -0.830. The highest BCUT2D eigenvalue weighted by Gasteiger charge is 2.23. The lowest BCUT2D eigenvalue weighted by Gasteiger charge is -2.26. The highest BCUT2D eigenvalue weighted by Crippen LogP contribution is 2.30. The molecule has 1 saturated carbocycles. The van der Waals surface area contributed by atoms with Crippen molar-refractivity contribution in [2.24, 2.45) is 11.7 Å². The topological polar surface area (TPSA) is 43.8 Å². The second-order valence-electron chi connectivity index (χ2n) is 5.51. The van der Waals surface area contributed by atoms with Crippen LogP contribution in [0.15, 0.2) is 0 Å². The van der Waals surface area contributed by atoms with Crippen LogP contribution in [0.5, 0.6) is 0 Å². The molecule has 2 rings (SSSR count). The van der Waals surface area contributed by atoms with Crippen LogP contribution in [0.25, 0.3) is 0 Å². The first-order valence-electron chi connectivity index (χ1n) is 7.55. The van der Waals surface area contributed by atoms with E-state index in [9.17, 15) is 0 Å². The Kier molecular flexibility index (Phi) is 4.44. The number of rotatable bonds is 6. The number of nitrogens with zero attached hydrogens (tertiary/aromatic N) is 2. The Balaban J connectivity index is 2.30. The number of aromatic nitrogens is 2. The van der Waals surface area contributed by atoms with Crippen molar-refractivity contribution >= 4 is 0 Å². The maximum atomic E-state index is 6.28. The third-order valence-corrected chi connectivity index (χ3v) is 4.31. The van der Waals surface area contributed by atoms with Crippen molar-refractivity contribution in [2.75, 3.05) is 0 Å². The molecule has 0 bridgehead atoms. The van der Waals surface area contributed by atoms with Crippen molar-refractivity contribution in [3.05, 3.63) is 17.0 Å². The average molecular weight is 249 g/mol. The first-order chi connectivity index (χ1) is 8.71. The van der Waals surface area contributed by atoms with Crippen LogP contribution in [0.1, 0.15) is 69.4 Å². The zero-order valence-electron chi connectivity index (χ0n) is 12.1. The summed E-state index contributed by atoms with van der Waals surface area (Å²) in [6, 6.07) is 0.157. The van der Waals surface area contributed by atoms with Crippen molar-refractivity contribution in [1.29, 1.82) is 0 Å². The van der Waals surface area contributed by atoms with Gasteiger partial charge in [-0.2, -0.15) is 5.10 Å². The molecule has 1 aromatic rings. The van der Waals surface area contributed by atoms with Gasteiger partial charge in [-0.05, 0) is 38.0 Å². The van der Waals surface area contributed by atoms with Gasteiger partial charge in [-0.25, -0.2) is 0 Å². The largest absolute Gasteiger partial charge is 0.324 e. The number of hydrogen-bond donors (Lipinski definition) is 1. The van der Waals surface area contributed by atoms with Gasteiger partial charge >= 0.3 is 0 Å². The van der Waals surface area contributed by atoms with E-state index in [4.69, 9.17) is 10.8 Å². The highest BCUT2D eigenvalue weighted by atomic mass is 15.3. The SMILES string of the molecule is CCc1nn(CC2CCC2)c(CC)c1C(N)CC. The molecule has 1 atom stereocenters. The molecule has 0 radical (unpaired) electrons. The van der Waals surface area contributed by atoms with E-state index in [-0.39, 0.29) is 6.04 Å². The smallest absolute Gasteiger partial charge is 0.0672 e. The number of aryl methyl sites for hydroxylation is 1. The van der Waals surface area contributed by atoms with Gasteiger partial charge < -0.3 is 5.73 Å². The van der Waals surface area contributed by atoms with Crippen molar-refractivity contribution in [2.45, 2.75) is 71.9 Å². The highest BCUT2D eigenvalue weighted by molar-refractivity contribution is 5.30. The van der Waals surface area contributed by atoms with E-state index >= 15 is 0 Å². The van der Waals surface area contributed by atoms with Gasteiger partial charge in [0.1, 0.15) is 0 Å². The minimum Gasteiger partial charge on any atom is -0.324 e. The summed E-state index contributed by atoms with van der Waals surface area (Å²) in [5.41, 5.74) is 10.2. The molecule has 1 fully saturated rings. The molecular formula is C15H27N3. The van der Waals surface area contributed by atoms with E-state index in [0.717, 1.165) is 31.7 Å². The van der Waals surface area contributed by atoms with Crippen LogP contribution in [-0.2, 0) is 19.4 Å². The molecule has 18 heavy (non-hydrogen) atoms. The monoisotopic (exact) mass is 249 g/mol. The molecule has 0 aliphatic heterocycles. The molecule has 3 heteroatoms. The lowest BCUT2D eigenvalue weighted by atomic mass is 9.85. The van der Waals surface area contributed by atoms with E-state index < -0.39 is 0 Å². The lowest BCUT2D eigenvalue weighted by Crippen LogP contribution is -2.20. The van der Waals surface area contributed by atoms with Gasteiger partial charge in [0.25, 0.3) is 0 Å². The number of hydrogen-bond acceptors (Lipinski definition) is 2. The van der Waals surface area contributed by atoms with Gasteiger partial charge in [0.2, 0.25) is 0 Å². The van der Waals surface area contributed by atoms with Crippen LogP contribution in [0.2, 0.25) is 0 Å². The molecular weight excluding hydrogens is 222 g/mol. The fourth-order valence-corrected chi connectivity index (χ4v) is 2.90.